The van der Waals surface area contributed by atoms with Crippen molar-refractivity contribution in [3.8, 4) is 0 Å². The first-order valence-corrected chi connectivity index (χ1v) is 7.32. The van der Waals surface area contributed by atoms with Gasteiger partial charge in [-0.3, -0.25) is 4.79 Å². The highest BCUT2D eigenvalue weighted by molar-refractivity contribution is 5.94. The van der Waals surface area contributed by atoms with E-state index in [1.165, 1.54) is 0 Å². The van der Waals surface area contributed by atoms with Crippen LogP contribution >= 0.6 is 0 Å². The summed E-state index contributed by atoms with van der Waals surface area (Å²) in [6.07, 6.45) is -0.315. The van der Waals surface area contributed by atoms with Gasteiger partial charge < -0.3 is 23.7 Å². The van der Waals surface area contributed by atoms with E-state index in [9.17, 15) is 14.4 Å². The average molecular weight is 332 g/mol. The van der Waals surface area contributed by atoms with Crippen LogP contribution in [0.4, 0.5) is 0 Å². The summed E-state index contributed by atoms with van der Waals surface area (Å²) in [6.45, 7) is 8.29. The molecule has 23 heavy (non-hydrogen) atoms. The van der Waals surface area contributed by atoms with Crippen molar-refractivity contribution in [2.45, 2.75) is 20.3 Å². The molecular weight excluding hydrogens is 308 g/mol. The lowest BCUT2D eigenvalue weighted by atomic mass is 10.2. The van der Waals surface area contributed by atoms with Gasteiger partial charge in [-0.1, -0.05) is 6.58 Å². The summed E-state index contributed by atoms with van der Waals surface area (Å²) in [4.78, 5) is 34.2. The smallest absolute Gasteiger partial charge is 0.344 e. The third-order valence-electron chi connectivity index (χ3n) is 2.36. The zero-order chi connectivity index (χ0) is 17.5. The number of hydrogen-bond acceptors (Lipinski definition) is 8. The second-order valence-corrected chi connectivity index (χ2v) is 4.19. The molecule has 8 nitrogen and oxygen atoms in total. The summed E-state index contributed by atoms with van der Waals surface area (Å²) >= 11 is 0. The summed E-state index contributed by atoms with van der Waals surface area (Å²) in [5, 5.41) is 0. The van der Waals surface area contributed by atoms with Crippen molar-refractivity contribution in [3.05, 3.63) is 12.2 Å². The molecular formula is C15H24O8. The monoisotopic (exact) mass is 332 g/mol. The van der Waals surface area contributed by atoms with E-state index in [0.717, 1.165) is 0 Å². The quantitative estimate of drug-likeness (QED) is 0.210. The van der Waals surface area contributed by atoms with E-state index >= 15 is 0 Å². The van der Waals surface area contributed by atoms with Gasteiger partial charge in [0.25, 0.3) is 0 Å². The predicted octanol–water partition coefficient (Wildman–Crippen LogP) is 0.635. The van der Waals surface area contributed by atoms with Gasteiger partial charge in [0.2, 0.25) is 0 Å². The number of ether oxygens (including phenoxy) is 5. The van der Waals surface area contributed by atoms with Gasteiger partial charge in [-0.2, -0.15) is 0 Å². The Morgan fingerprint density at radius 3 is 1.83 bits per heavy atom. The molecule has 0 atom stereocenters. The average Bonchev–Trinajstić information content (AvgIpc) is 2.53. The maximum Gasteiger partial charge on any atom is 0.344 e. The molecule has 0 bridgehead atoms. The Hall–Kier alpha value is -1.93. The van der Waals surface area contributed by atoms with Gasteiger partial charge in [0, 0.05) is 18.8 Å². The van der Waals surface area contributed by atoms with Gasteiger partial charge in [-0.15, -0.1) is 0 Å². The largest absolute Gasteiger partial charge is 0.463 e. The lowest BCUT2D eigenvalue weighted by molar-refractivity contribution is -0.158. The molecule has 0 N–H and O–H groups in total. The molecule has 0 saturated heterocycles. The lowest BCUT2D eigenvalue weighted by Crippen LogP contribution is -2.20. The molecule has 0 aromatic rings. The molecule has 0 fully saturated rings. The van der Waals surface area contributed by atoms with Crippen molar-refractivity contribution >= 4 is 17.9 Å². The fourth-order valence-electron chi connectivity index (χ4n) is 1.28. The van der Waals surface area contributed by atoms with Crippen LogP contribution in [0.15, 0.2) is 12.2 Å². The Balaban J connectivity index is 3.82. The third kappa shape index (κ3) is 12.3. The maximum absolute atomic E-state index is 11.5. The van der Waals surface area contributed by atoms with Gasteiger partial charge in [-0.25, -0.2) is 9.59 Å². The third-order valence-corrected chi connectivity index (χ3v) is 2.36. The first-order valence-electron chi connectivity index (χ1n) is 7.32. The molecule has 0 aliphatic heterocycles. The minimum Gasteiger partial charge on any atom is -0.463 e. The van der Waals surface area contributed by atoms with Crippen molar-refractivity contribution < 1.29 is 38.1 Å². The van der Waals surface area contributed by atoms with Crippen molar-refractivity contribution in [2.24, 2.45) is 0 Å². The van der Waals surface area contributed by atoms with Crippen molar-refractivity contribution in [2.75, 3.05) is 46.2 Å². The van der Waals surface area contributed by atoms with Crippen LogP contribution in [0.2, 0.25) is 0 Å². The minimum atomic E-state index is -0.853. The van der Waals surface area contributed by atoms with E-state index in [1.807, 2.05) is 13.8 Å². The SMILES string of the molecule is C=C(CC(=O)OCCOCC)C(=O)OCC(=O)OCCOCC. The normalized spacial score (nSPS) is 10.0. The Kier molecular flexibility index (Phi) is 12.6. The van der Waals surface area contributed by atoms with E-state index < -0.39 is 24.5 Å². The Morgan fingerprint density at radius 2 is 1.30 bits per heavy atom. The van der Waals surface area contributed by atoms with Crippen LogP contribution in [-0.2, 0) is 38.1 Å². The van der Waals surface area contributed by atoms with Gasteiger partial charge in [0.05, 0.1) is 19.6 Å². The van der Waals surface area contributed by atoms with Crippen LogP contribution in [0.1, 0.15) is 20.3 Å². The van der Waals surface area contributed by atoms with Crippen LogP contribution in [0.25, 0.3) is 0 Å². The summed E-state index contributed by atoms with van der Waals surface area (Å²) in [5.41, 5.74) is -0.103. The Morgan fingerprint density at radius 1 is 0.783 bits per heavy atom. The summed E-state index contributed by atoms with van der Waals surface area (Å²) in [5.74, 6) is -2.18. The highest BCUT2D eigenvalue weighted by Crippen LogP contribution is 2.03. The second-order valence-electron chi connectivity index (χ2n) is 4.19. The van der Waals surface area contributed by atoms with Gasteiger partial charge in [0.15, 0.2) is 6.61 Å². The minimum absolute atomic E-state index is 0.0807. The molecule has 0 unspecified atom stereocenters. The van der Waals surface area contributed by atoms with Crippen LogP contribution < -0.4 is 0 Å². The van der Waals surface area contributed by atoms with Gasteiger partial charge >= 0.3 is 17.9 Å². The van der Waals surface area contributed by atoms with E-state index in [-0.39, 0.29) is 38.4 Å². The molecule has 0 heterocycles. The molecule has 0 saturated carbocycles. The molecule has 0 rings (SSSR count). The molecule has 8 heteroatoms. The van der Waals surface area contributed by atoms with Crippen molar-refractivity contribution in [1.82, 2.24) is 0 Å². The number of carbonyl (C=O) groups excluding carboxylic acids is 3. The lowest BCUT2D eigenvalue weighted by Gasteiger charge is -2.08. The highest BCUT2D eigenvalue weighted by atomic mass is 16.6. The Bertz CT molecular complexity index is 391. The van der Waals surface area contributed by atoms with Gasteiger partial charge in [-0.05, 0) is 13.8 Å². The van der Waals surface area contributed by atoms with E-state index in [4.69, 9.17) is 18.9 Å². The summed E-state index contributed by atoms with van der Waals surface area (Å²) in [6, 6.07) is 0. The molecule has 0 aromatic heterocycles. The second kappa shape index (κ2) is 13.7. The zero-order valence-electron chi connectivity index (χ0n) is 13.6. The molecule has 0 aromatic carbocycles. The first-order chi connectivity index (χ1) is 11.0. The number of carbonyl (C=O) groups is 3. The first kappa shape index (κ1) is 21.1. The standard InChI is InChI=1S/C15H24O8/c1-4-19-6-8-21-13(16)10-12(3)15(18)23-11-14(17)22-9-7-20-5-2/h3-11H2,1-2H3. The fourth-order valence-corrected chi connectivity index (χ4v) is 1.28. The molecule has 0 spiro atoms. The van der Waals surface area contributed by atoms with Crippen LogP contribution in [0, 0.1) is 0 Å². The van der Waals surface area contributed by atoms with E-state index in [0.29, 0.717) is 13.2 Å². The molecule has 0 radical (unpaired) electrons. The molecule has 0 aliphatic rings. The van der Waals surface area contributed by atoms with Crippen LogP contribution in [0.5, 0.6) is 0 Å². The topological polar surface area (TPSA) is 97.4 Å². The predicted molar refractivity (Wildman–Crippen MR) is 79.6 cm³/mol. The number of hydrogen-bond donors (Lipinski definition) is 0. The van der Waals surface area contributed by atoms with Crippen LogP contribution in [0.3, 0.4) is 0 Å². The highest BCUT2D eigenvalue weighted by Gasteiger charge is 2.16. The van der Waals surface area contributed by atoms with E-state index in [1.54, 1.807) is 0 Å². The zero-order valence-corrected chi connectivity index (χ0v) is 13.6. The van der Waals surface area contributed by atoms with Crippen LogP contribution in [-0.4, -0.2) is 64.2 Å². The molecule has 0 aliphatic carbocycles. The van der Waals surface area contributed by atoms with Gasteiger partial charge in [0.1, 0.15) is 13.2 Å². The van der Waals surface area contributed by atoms with Crippen molar-refractivity contribution in [3.63, 3.8) is 0 Å². The number of esters is 3. The number of rotatable bonds is 13. The summed E-state index contributed by atoms with van der Waals surface area (Å²) < 4.78 is 24.2. The summed E-state index contributed by atoms with van der Waals surface area (Å²) in [7, 11) is 0. The van der Waals surface area contributed by atoms with Crippen molar-refractivity contribution in [1.29, 1.82) is 0 Å². The van der Waals surface area contributed by atoms with E-state index in [2.05, 4.69) is 11.3 Å². The molecule has 132 valence electrons. The Labute approximate surface area is 135 Å². The molecule has 0 amide bonds. The fraction of sp³-hybridized carbons (Fsp3) is 0.667. The maximum atomic E-state index is 11.5.